The minimum atomic E-state index is 0.0577. The van der Waals surface area contributed by atoms with E-state index >= 15 is 0 Å². The third-order valence-electron chi connectivity index (χ3n) is 3.71. The molecule has 108 valence electrons. The highest BCUT2D eigenvalue weighted by Gasteiger charge is 2.26. The molecule has 0 spiro atoms. The third-order valence-corrected chi connectivity index (χ3v) is 3.71. The molecule has 1 saturated heterocycles. The first kappa shape index (κ1) is 14.6. The standard InChI is InChI=1S/C16H22N2O2/c17-14-8-5-13(6-9-14)7-10-16(20)18-11-1-3-15(18)4-2-12-19/h5-10,15,19H,1-4,11-12,17H2/b10-7+. The van der Waals surface area contributed by atoms with Crippen LogP contribution < -0.4 is 5.73 Å². The molecule has 4 nitrogen and oxygen atoms in total. The van der Waals surface area contributed by atoms with Gasteiger partial charge in [0.15, 0.2) is 0 Å². The van der Waals surface area contributed by atoms with Crippen LogP contribution in [-0.2, 0) is 4.79 Å². The van der Waals surface area contributed by atoms with E-state index in [1.54, 1.807) is 6.08 Å². The molecule has 0 aliphatic carbocycles. The van der Waals surface area contributed by atoms with E-state index in [2.05, 4.69) is 0 Å². The highest BCUT2D eigenvalue weighted by atomic mass is 16.3. The first-order valence-electron chi connectivity index (χ1n) is 7.16. The molecule has 1 aromatic rings. The molecule has 1 amide bonds. The van der Waals surface area contributed by atoms with Crippen LogP contribution >= 0.6 is 0 Å². The highest BCUT2D eigenvalue weighted by Crippen LogP contribution is 2.21. The normalized spacial score (nSPS) is 18.9. The van der Waals surface area contributed by atoms with Crippen LogP contribution in [0, 0.1) is 0 Å². The smallest absolute Gasteiger partial charge is 0.246 e. The Bertz CT molecular complexity index is 468. The number of anilines is 1. The van der Waals surface area contributed by atoms with Crippen LogP contribution in [-0.4, -0.2) is 35.1 Å². The molecule has 1 unspecified atom stereocenters. The summed E-state index contributed by atoms with van der Waals surface area (Å²) < 4.78 is 0. The van der Waals surface area contributed by atoms with Gasteiger partial charge in [-0.2, -0.15) is 0 Å². The van der Waals surface area contributed by atoms with E-state index in [1.807, 2.05) is 35.2 Å². The number of amides is 1. The fourth-order valence-corrected chi connectivity index (χ4v) is 2.62. The van der Waals surface area contributed by atoms with Gasteiger partial charge in [-0.15, -0.1) is 0 Å². The van der Waals surface area contributed by atoms with Crippen LogP contribution in [0.25, 0.3) is 6.08 Å². The Morgan fingerprint density at radius 3 is 2.85 bits per heavy atom. The zero-order valence-corrected chi connectivity index (χ0v) is 11.7. The zero-order chi connectivity index (χ0) is 14.4. The lowest BCUT2D eigenvalue weighted by Crippen LogP contribution is -2.34. The van der Waals surface area contributed by atoms with Crippen molar-refractivity contribution in [3.05, 3.63) is 35.9 Å². The summed E-state index contributed by atoms with van der Waals surface area (Å²) in [7, 11) is 0. The van der Waals surface area contributed by atoms with E-state index in [9.17, 15) is 4.79 Å². The highest BCUT2D eigenvalue weighted by molar-refractivity contribution is 5.92. The third kappa shape index (κ3) is 3.84. The SMILES string of the molecule is Nc1ccc(/C=C/C(=O)N2CCCC2CCCO)cc1. The summed E-state index contributed by atoms with van der Waals surface area (Å²) in [5.41, 5.74) is 7.32. The summed E-state index contributed by atoms with van der Waals surface area (Å²) in [5.74, 6) is 0.0577. The van der Waals surface area contributed by atoms with Gasteiger partial charge in [-0.3, -0.25) is 4.79 Å². The number of hydrogen-bond donors (Lipinski definition) is 2. The number of carbonyl (C=O) groups excluding carboxylic acids is 1. The molecular formula is C16H22N2O2. The number of aliphatic hydroxyl groups is 1. The van der Waals surface area contributed by atoms with Crippen LogP contribution in [0.2, 0.25) is 0 Å². The van der Waals surface area contributed by atoms with Crippen molar-refractivity contribution in [2.24, 2.45) is 0 Å². The fraction of sp³-hybridized carbons (Fsp3) is 0.438. The second-order valence-electron chi connectivity index (χ2n) is 5.19. The largest absolute Gasteiger partial charge is 0.399 e. The van der Waals surface area contributed by atoms with E-state index in [4.69, 9.17) is 10.8 Å². The van der Waals surface area contributed by atoms with Crippen molar-refractivity contribution < 1.29 is 9.90 Å². The first-order chi connectivity index (χ1) is 9.70. The van der Waals surface area contributed by atoms with Gasteiger partial charge in [0, 0.05) is 31.0 Å². The van der Waals surface area contributed by atoms with Crippen LogP contribution in [0.15, 0.2) is 30.3 Å². The van der Waals surface area contributed by atoms with Gasteiger partial charge >= 0.3 is 0 Å². The number of nitrogen functional groups attached to an aromatic ring is 1. The Balaban J connectivity index is 1.94. The molecule has 1 heterocycles. The van der Waals surface area contributed by atoms with E-state index in [0.717, 1.165) is 43.5 Å². The van der Waals surface area contributed by atoms with Crippen molar-refractivity contribution in [2.45, 2.75) is 31.7 Å². The average molecular weight is 274 g/mol. The summed E-state index contributed by atoms with van der Waals surface area (Å²) >= 11 is 0. The topological polar surface area (TPSA) is 66.6 Å². The van der Waals surface area contributed by atoms with Crippen molar-refractivity contribution in [3.63, 3.8) is 0 Å². The Morgan fingerprint density at radius 2 is 2.15 bits per heavy atom. The van der Waals surface area contributed by atoms with Crippen molar-refractivity contribution in [2.75, 3.05) is 18.9 Å². The number of benzene rings is 1. The monoisotopic (exact) mass is 274 g/mol. The van der Waals surface area contributed by atoms with E-state index < -0.39 is 0 Å². The number of nitrogens with two attached hydrogens (primary N) is 1. The molecule has 0 saturated carbocycles. The maximum atomic E-state index is 12.2. The van der Waals surface area contributed by atoms with Crippen LogP contribution in [0.4, 0.5) is 5.69 Å². The average Bonchev–Trinajstić information content (AvgIpc) is 2.92. The lowest BCUT2D eigenvalue weighted by molar-refractivity contribution is -0.126. The molecule has 0 radical (unpaired) electrons. The van der Waals surface area contributed by atoms with Gasteiger partial charge in [-0.1, -0.05) is 12.1 Å². The van der Waals surface area contributed by atoms with Crippen molar-refractivity contribution >= 4 is 17.7 Å². The Hall–Kier alpha value is -1.81. The molecule has 0 aromatic heterocycles. The predicted molar refractivity (Wildman–Crippen MR) is 80.9 cm³/mol. The van der Waals surface area contributed by atoms with Gasteiger partial charge in [-0.25, -0.2) is 0 Å². The van der Waals surface area contributed by atoms with Crippen molar-refractivity contribution in [1.82, 2.24) is 4.90 Å². The fourth-order valence-electron chi connectivity index (χ4n) is 2.62. The Morgan fingerprint density at radius 1 is 1.40 bits per heavy atom. The maximum Gasteiger partial charge on any atom is 0.246 e. The predicted octanol–water partition coefficient (Wildman–Crippen LogP) is 2.05. The summed E-state index contributed by atoms with van der Waals surface area (Å²) in [6.45, 7) is 1.01. The molecule has 2 rings (SSSR count). The second kappa shape index (κ2) is 7.10. The van der Waals surface area contributed by atoms with E-state index in [0.29, 0.717) is 0 Å². The lowest BCUT2D eigenvalue weighted by Gasteiger charge is -2.23. The van der Waals surface area contributed by atoms with Gasteiger partial charge in [0.25, 0.3) is 0 Å². The summed E-state index contributed by atoms with van der Waals surface area (Å²) in [6, 6.07) is 7.72. The van der Waals surface area contributed by atoms with Gasteiger partial charge in [-0.05, 0) is 49.5 Å². The van der Waals surface area contributed by atoms with Gasteiger partial charge in [0.1, 0.15) is 0 Å². The molecule has 3 N–H and O–H groups in total. The van der Waals surface area contributed by atoms with E-state index in [1.165, 1.54) is 0 Å². The van der Waals surface area contributed by atoms with E-state index in [-0.39, 0.29) is 18.6 Å². The molecule has 1 fully saturated rings. The molecule has 1 atom stereocenters. The minimum Gasteiger partial charge on any atom is -0.399 e. The van der Waals surface area contributed by atoms with Gasteiger partial charge in [0.2, 0.25) is 5.91 Å². The summed E-state index contributed by atoms with van der Waals surface area (Å²) in [5, 5.41) is 8.90. The quantitative estimate of drug-likeness (QED) is 0.638. The number of aliphatic hydroxyl groups excluding tert-OH is 1. The Labute approximate surface area is 119 Å². The van der Waals surface area contributed by atoms with Gasteiger partial charge < -0.3 is 15.7 Å². The molecular weight excluding hydrogens is 252 g/mol. The van der Waals surface area contributed by atoms with Crippen molar-refractivity contribution in [1.29, 1.82) is 0 Å². The van der Waals surface area contributed by atoms with Crippen LogP contribution in [0.3, 0.4) is 0 Å². The molecule has 0 bridgehead atoms. The number of likely N-dealkylation sites (tertiary alicyclic amines) is 1. The lowest BCUT2D eigenvalue weighted by atomic mass is 10.1. The van der Waals surface area contributed by atoms with Crippen LogP contribution in [0.5, 0.6) is 0 Å². The second-order valence-corrected chi connectivity index (χ2v) is 5.19. The summed E-state index contributed by atoms with van der Waals surface area (Å²) in [6.07, 6.45) is 7.19. The molecule has 1 aromatic carbocycles. The Kier molecular flexibility index (Phi) is 5.18. The number of carbonyl (C=O) groups is 1. The molecule has 1 aliphatic rings. The van der Waals surface area contributed by atoms with Gasteiger partial charge in [0.05, 0.1) is 0 Å². The number of nitrogens with zero attached hydrogens (tertiary/aromatic N) is 1. The molecule has 1 aliphatic heterocycles. The molecule has 4 heteroatoms. The maximum absolute atomic E-state index is 12.2. The zero-order valence-electron chi connectivity index (χ0n) is 11.7. The molecule has 20 heavy (non-hydrogen) atoms. The summed E-state index contributed by atoms with van der Waals surface area (Å²) in [4.78, 5) is 14.1. The number of rotatable bonds is 5. The first-order valence-corrected chi connectivity index (χ1v) is 7.16. The number of hydrogen-bond acceptors (Lipinski definition) is 3. The minimum absolute atomic E-state index is 0.0577. The van der Waals surface area contributed by atoms with Crippen LogP contribution in [0.1, 0.15) is 31.2 Å². The van der Waals surface area contributed by atoms with Crippen molar-refractivity contribution in [3.8, 4) is 0 Å².